The molecule has 3 nitrogen and oxygen atoms in total. The summed E-state index contributed by atoms with van der Waals surface area (Å²) in [5, 5.41) is 0. The van der Waals surface area contributed by atoms with Gasteiger partial charge >= 0.3 is 5.97 Å². The topological polar surface area (TPSA) is 35.5 Å². The second-order valence-electron chi connectivity index (χ2n) is 7.08. The zero-order valence-corrected chi connectivity index (χ0v) is 14.6. The van der Waals surface area contributed by atoms with Crippen LogP contribution < -0.4 is 4.74 Å². The van der Waals surface area contributed by atoms with Gasteiger partial charge in [0.2, 0.25) is 0 Å². The van der Waals surface area contributed by atoms with Crippen molar-refractivity contribution in [1.29, 1.82) is 0 Å². The molecule has 1 heterocycles. The zero-order valence-electron chi connectivity index (χ0n) is 14.6. The van der Waals surface area contributed by atoms with Crippen LogP contribution in [0, 0.1) is 6.92 Å². The molecule has 3 heteroatoms. The summed E-state index contributed by atoms with van der Waals surface area (Å²) in [5.74, 6) is 0.465. The van der Waals surface area contributed by atoms with E-state index in [1.54, 1.807) is 0 Å². The molecule has 0 N–H and O–H groups in total. The fraction of sp³-hybridized carbons (Fsp3) is 0.286. The Labute approximate surface area is 142 Å². The highest BCUT2D eigenvalue weighted by atomic mass is 16.6. The molecule has 2 aromatic rings. The van der Waals surface area contributed by atoms with Crippen LogP contribution in [0.3, 0.4) is 0 Å². The summed E-state index contributed by atoms with van der Waals surface area (Å²) in [6.45, 7) is 7.89. The molecule has 0 saturated carbocycles. The van der Waals surface area contributed by atoms with Crippen LogP contribution in [0.25, 0.3) is 17.2 Å². The van der Waals surface area contributed by atoms with Crippen LogP contribution in [0.1, 0.15) is 31.9 Å². The van der Waals surface area contributed by atoms with Crippen molar-refractivity contribution in [3.05, 3.63) is 59.2 Å². The molecule has 0 radical (unpaired) electrons. The minimum Gasteiger partial charge on any atom is -0.488 e. The molecule has 0 atom stereocenters. The van der Waals surface area contributed by atoms with Crippen molar-refractivity contribution in [3.63, 3.8) is 0 Å². The lowest BCUT2D eigenvalue weighted by Crippen LogP contribution is -2.27. The van der Waals surface area contributed by atoms with Gasteiger partial charge in [0.15, 0.2) is 0 Å². The second kappa shape index (κ2) is 6.16. The molecule has 0 spiro atoms. The number of fused-ring (bicyclic) bond motifs is 1. The van der Waals surface area contributed by atoms with E-state index in [1.165, 1.54) is 5.56 Å². The van der Waals surface area contributed by atoms with Gasteiger partial charge in [0, 0.05) is 5.56 Å². The Morgan fingerprint density at radius 2 is 1.71 bits per heavy atom. The van der Waals surface area contributed by atoms with Crippen molar-refractivity contribution in [3.8, 4) is 16.9 Å². The van der Waals surface area contributed by atoms with Gasteiger partial charge in [-0.2, -0.15) is 0 Å². The van der Waals surface area contributed by atoms with E-state index >= 15 is 0 Å². The molecule has 2 aromatic carbocycles. The molecule has 0 fully saturated rings. The first-order valence-electron chi connectivity index (χ1n) is 8.10. The van der Waals surface area contributed by atoms with Gasteiger partial charge < -0.3 is 9.47 Å². The van der Waals surface area contributed by atoms with Gasteiger partial charge in [-0.3, -0.25) is 0 Å². The lowest BCUT2D eigenvalue weighted by Gasteiger charge is -2.23. The monoisotopic (exact) mass is 322 g/mol. The Hall–Kier alpha value is -2.55. The van der Waals surface area contributed by atoms with Crippen molar-refractivity contribution in [2.24, 2.45) is 0 Å². The first kappa shape index (κ1) is 16.3. The number of carbonyl (C=O) groups is 1. The van der Waals surface area contributed by atoms with E-state index in [4.69, 9.17) is 9.47 Å². The fourth-order valence-electron chi connectivity index (χ4n) is 2.56. The van der Waals surface area contributed by atoms with Crippen LogP contribution in [0.15, 0.2) is 48.0 Å². The van der Waals surface area contributed by atoms with Crippen molar-refractivity contribution in [1.82, 2.24) is 0 Å². The highest BCUT2D eigenvalue weighted by Gasteiger charge is 2.23. The predicted octanol–water partition coefficient (Wildman–Crippen LogP) is 4.78. The summed E-state index contributed by atoms with van der Waals surface area (Å²) >= 11 is 0. The van der Waals surface area contributed by atoms with Crippen LogP contribution in [-0.4, -0.2) is 18.2 Å². The minimum absolute atomic E-state index is 0.242. The second-order valence-corrected chi connectivity index (χ2v) is 7.08. The summed E-state index contributed by atoms with van der Waals surface area (Å²) in [6, 6.07) is 14.4. The molecule has 0 aliphatic carbocycles. The van der Waals surface area contributed by atoms with Gasteiger partial charge in [-0.15, -0.1) is 0 Å². The van der Waals surface area contributed by atoms with Gasteiger partial charge in [0.25, 0.3) is 0 Å². The average molecular weight is 322 g/mol. The fourth-order valence-corrected chi connectivity index (χ4v) is 2.56. The molecule has 3 rings (SSSR count). The third-order valence-electron chi connectivity index (χ3n) is 3.77. The Balaban J connectivity index is 1.91. The van der Waals surface area contributed by atoms with Gasteiger partial charge in [-0.1, -0.05) is 35.9 Å². The Kier molecular flexibility index (Phi) is 4.18. The number of aryl methyl sites for hydroxylation is 1. The first-order valence-corrected chi connectivity index (χ1v) is 8.10. The van der Waals surface area contributed by atoms with E-state index in [1.807, 2.05) is 45.0 Å². The number of ether oxygens (including phenoxy) is 2. The van der Waals surface area contributed by atoms with Crippen molar-refractivity contribution in [2.45, 2.75) is 33.3 Å². The molecular formula is C21H22O3. The summed E-state index contributed by atoms with van der Waals surface area (Å²) in [7, 11) is 0. The Morgan fingerprint density at radius 1 is 1.04 bits per heavy atom. The SMILES string of the molecule is Cc1ccc(-c2ccc3c(c2)C=C(C(=O)OC(C)(C)C)CO3)cc1. The van der Waals surface area contributed by atoms with E-state index in [0.717, 1.165) is 22.4 Å². The van der Waals surface area contributed by atoms with E-state index in [-0.39, 0.29) is 12.6 Å². The van der Waals surface area contributed by atoms with E-state index in [0.29, 0.717) is 5.57 Å². The van der Waals surface area contributed by atoms with Crippen LogP contribution in [0.5, 0.6) is 5.75 Å². The van der Waals surface area contributed by atoms with Gasteiger partial charge in [0.1, 0.15) is 18.0 Å². The number of benzene rings is 2. The van der Waals surface area contributed by atoms with Crippen LogP contribution in [0.2, 0.25) is 0 Å². The number of hydrogen-bond acceptors (Lipinski definition) is 3. The lowest BCUT2D eigenvalue weighted by atomic mass is 9.99. The number of carbonyl (C=O) groups excluding carboxylic acids is 1. The van der Waals surface area contributed by atoms with Gasteiger partial charge in [-0.25, -0.2) is 4.79 Å². The molecule has 0 saturated heterocycles. The molecule has 0 bridgehead atoms. The third kappa shape index (κ3) is 3.67. The molecule has 0 unspecified atom stereocenters. The molecule has 1 aliphatic heterocycles. The highest BCUT2D eigenvalue weighted by Crippen LogP contribution is 2.32. The van der Waals surface area contributed by atoms with Crippen molar-refractivity contribution >= 4 is 12.0 Å². The molecular weight excluding hydrogens is 300 g/mol. The van der Waals surface area contributed by atoms with Crippen LogP contribution in [0.4, 0.5) is 0 Å². The maximum Gasteiger partial charge on any atom is 0.338 e. The van der Waals surface area contributed by atoms with E-state index in [9.17, 15) is 4.79 Å². The summed E-state index contributed by atoms with van der Waals surface area (Å²) in [6.07, 6.45) is 1.87. The maximum absolute atomic E-state index is 12.2. The number of esters is 1. The largest absolute Gasteiger partial charge is 0.488 e. The first-order chi connectivity index (χ1) is 11.3. The van der Waals surface area contributed by atoms with Gasteiger partial charge in [0.05, 0.1) is 5.57 Å². The average Bonchev–Trinajstić information content (AvgIpc) is 2.53. The summed E-state index contributed by atoms with van der Waals surface area (Å²) < 4.78 is 11.1. The number of hydrogen-bond donors (Lipinski definition) is 0. The standard InChI is InChI=1S/C21H22O3/c1-14-5-7-15(8-6-14)16-9-10-19-17(11-16)12-18(13-23-19)20(22)24-21(2,3)4/h5-12H,13H2,1-4H3. The number of rotatable bonds is 2. The molecule has 24 heavy (non-hydrogen) atoms. The minimum atomic E-state index is -0.512. The summed E-state index contributed by atoms with van der Waals surface area (Å²) in [4.78, 5) is 12.2. The molecule has 1 aliphatic rings. The quantitative estimate of drug-likeness (QED) is 0.746. The van der Waals surface area contributed by atoms with E-state index in [2.05, 4.69) is 31.2 Å². The Bertz CT molecular complexity index is 793. The van der Waals surface area contributed by atoms with Crippen LogP contribution in [-0.2, 0) is 9.53 Å². The Morgan fingerprint density at radius 3 is 2.38 bits per heavy atom. The zero-order chi connectivity index (χ0) is 17.3. The third-order valence-corrected chi connectivity index (χ3v) is 3.77. The normalized spacial score (nSPS) is 13.6. The van der Waals surface area contributed by atoms with Crippen molar-refractivity contribution in [2.75, 3.05) is 6.61 Å². The van der Waals surface area contributed by atoms with E-state index < -0.39 is 5.60 Å². The highest BCUT2D eigenvalue weighted by molar-refractivity contribution is 5.95. The van der Waals surface area contributed by atoms with Gasteiger partial charge in [-0.05, 0) is 57.0 Å². The van der Waals surface area contributed by atoms with Crippen molar-refractivity contribution < 1.29 is 14.3 Å². The maximum atomic E-state index is 12.2. The molecule has 124 valence electrons. The molecule has 0 amide bonds. The smallest absolute Gasteiger partial charge is 0.338 e. The van der Waals surface area contributed by atoms with Crippen LogP contribution >= 0.6 is 0 Å². The predicted molar refractivity (Wildman–Crippen MR) is 95.9 cm³/mol. The summed E-state index contributed by atoms with van der Waals surface area (Å²) in [5.41, 5.74) is 4.40. The lowest BCUT2D eigenvalue weighted by molar-refractivity contribution is -0.150. The molecule has 0 aromatic heterocycles.